The normalized spacial score (nSPS) is 11.4. The van der Waals surface area contributed by atoms with Crippen molar-refractivity contribution in [3.05, 3.63) is 11.4 Å². The van der Waals surface area contributed by atoms with E-state index in [1.165, 1.54) is 0 Å². The quantitative estimate of drug-likeness (QED) is 0.253. The second-order valence-electron chi connectivity index (χ2n) is 9.33. The lowest BCUT2D eigenvalue weighted by atomic mass is 10.1. The van der Waals surface area contributed by atoms with E-state index < -0.39 is 35.1 Å². The number of anilines is 2. The van der Waals surface area contributed by atoms with Crippen molar-refractivity contribution >= 4 is 35.5 Å². The minimum atomic E-state index is -0.664. The van der Waals surface area contributed by atoms with Gasteiger partial charge in [0.1, 0.15) is 11.2 Å². The number of hydrogen-bond donors (Lipinski definition) is 5. The van der Waals surface area contributed by atoms with E-state index in [4.69, 9.17) is 20.9 Å². The van der Waals surface area contributed by atoms with Gasteiger partial charge in [0.15, 0.2) is 28.8 Å². The highest BCUT2D eigenvalue weighted by Crippen LogP contribution is 2.15. The van der Waals surface area contributed by atoms with E-state index in [1.54, 1.807) is 41.5 Å². The minimum absolute atomic E-state index is 0.0238. The summed E-state index contributed by atoms with van der Waals surface area (Å²) < 4.78 is 10.2. The molecule has 1 rings (SSSR count). The largest absolute Gasteiger partial charge is 0.444 e. The Balaban J connectivity index is 2.55. The summed E-state index contributed by atoms with van der Waals surface area (Å²) in [5.74, 6) is -1.60. The first kappa shape index (κ1) is 28.4. The number of ether oxygens (including phenoxy) is 2. The molecule has 0 atom stereocenters. The van der Waals surface area contributed by atoms with Gasteiger partial charge in [0, 0.05) is 26.1 Å². The molecule has 0 aliphatic heterocycles. The number of nitrogen functional groups attached to an aromatic ring is 2. The SMILES string of the molecule is CC(C)(C)OC(=O)NCCCC(=O)c1nc(N)c(C(=O)NCCNC(=O)OC(C)(C)C)nc1N. The summed E-state index contributed by atoms with van der Waals surface area (Å²) in [7, 11) is 0. The van der Waals surface area contributed by atoms with Crippen molar-refractivity contribution in [1.29, 1.82) is 0 Å². The molecule has 7 N–H and O–H groups in total. The monoisotopic (exact) mass is 481 g/mol. The Bertz CT molecular complexity index is 832. The Labute approximate surface area is 198 Å². The van der Waals surface area contributed by atoms with Gasteiger partial charge >= 0.3 is 12.2 Å². The molecule has 34 heavy (non-hydrogen) atoms. The van der Waals surface area contributed by atoms with Gasteiger partial charge < -0.3 is 36.9 Å². The molecule has 0 spiro atoms. The molecule has 1 aromatic heterocycles. The topological polar surface area (TPSA) is 201 Å². The molecule has 3 amide bonds. The van der Waals surface area contributed by atoms with E-state index in [0.29, 0.717) is 6.42 Å². The third kappa shape index (κ3) is 10.8. The van der Waals surface area contributed by atoms with Crippen LogP contribution in [0.25, 0.3) is 0 Å². The number of Topliss-reactive ketones (excluding diaryl/α,β-unsaturated/α-hetero) is 1. The number of nitrogens with two attached hydrogens (primary N) is 2. The Morgan fingerprint density at radius 1 is 0.735 bits per heavy atom. The maximum Gasteiger partial charge on any atom is 0.407 e. The van der Waals surface area contributed by atoms with Gasteiger partial charge in [-0.2, -0.15) is 0 Å². The third-order valence-corrected chi connectivity index (χ3v) is 3.76. The van der Waals surface area contributed by atoms with Crippen molar-refractivity contribution in [2.24, 2.45) is 0 Å². The van der Waals surface area contributed by atoms with Gasteiger partial charge in [0.05, 0.1) is 0 Å². The van der Waals surface area contributed by atoms with Crippen molar-refractivity contribution in [3.8, 4) is 0 Å². The highest BCUT2D eigenvalue weighted by molar-refractivity contribution is 6.01. The van der Waals surface area contributed by atoms with Gasteiger partial charge in [-0.1, -0.05) is 0 Å². The third-order valence-electron chi connectivity index (χ3n) is 3.76. The molecule has 0 aliphatic carbocycles. The Morgan fingerprint density at radius 2 is 1.18 bits per heavy atom. The van der Waals surface area contributed by atoms with E-state index in [-0.39, 0.29) is 49.1 Å². The lowest BCUT2D eigenvalue weighted by Gasteiger charge is -2.19. The first-order chi connectivity index (χ1) is 15.6. The van der Waals surface area contributed by atoms with Crippen LogP contribution in [0.2, 0.25) is 0 Å². The molecule has 13 nitrogen and oxygen atoms in total. The zero-order valence-electron chi connectivity index (χ0n) is 20.5. The number of carbonyl (C=O) groups is 4. The van der Waals surface area contributed by atoms with Crippen LogP contribution in [-0.2, 0) is 9.47 Å². The molecular formula is C21H35N7O6. The predicted molar refractivity (Wildman–Crippen MR) is 125 cm³/mol. The Morgan fingerprint density at radius 3 is 1.71 bits per heavy atom. The highest BCUT2D eigenvalue weighted by atomic mass is 16.6. The van der Waals surface area contributed by atoms with Gasteiger partial charge in [-0.05, 0) is 48.0 Å². The molecule has 1 heterocycles. The summed E-state index contributed by atoms with van der Waals surface area (Å²) in [5.41, 5.74) is 9.96. The summed E-state index contributed by atoms with van der Waals surface area (Å²) in [5, 5.41) is 7.56. The standard InChI is InChI=1S/C21H35N7O6/c1-20(2,3)33-18(31)25-9-7-8-12(29)13-15(22)28-14(16(23)27-13)17(30)24-10-11-26-19(32)34-21(4,5)6/h7-11H2,1-6H3,(H2,22,28)(H2,23,27)(H,24,30)(H,25,31)(H,26,32). The van der Waals surface area contributed by atoms with E-state index in [9.17, 15) is 19.2 Å². The molecule has 0 saturated heterocycles. The highest BCUT2D eigenvalue weighted by Gasteiger charge is 2.21. The van der Waals surface area contributed by atoms with Crippen LogP contribution in [0.1, 0.15) is 75.4 Å². The molecule has 0 fully saturated rings. The van der Waals surface area contributed by atoms with Crippen LogP contribution in [0.5, 0.6) is 0 Å². The first-order valence-electron chi connectivity index (χ1n) is 10.8. The summed E-state index contributed by atoms with van der Waals surface area (Å²) in [6.45, 7) is 10.8. The van der Waals surface area contributed by atoms with Crippen LogP contribution in [0.4, 0.5) is 21.2 Å². The van der Waals surface area contributed by atoms with Gasteiger partial charge in [-0.15, -0.1) is 0 Å². The second-order valence-corrected chi connectivity index (χ2v) is 9.33. The number of carbonyl (C=O) groups excluding carboxylic acids is 4. The average Bonchev–Trinajstić information content (AvgIpc) is 2.67. The summed E-state index contributed by atoms with van der Waals surface area (Å²) in [6, 6.07) is 0. The van der Waals surface area contributed by atoms with Crippen molar-refractivity contribution in [3.63, 3.8) is 0 Å². The molecule has 0 radical (unpaired) electrons. The number of nitrogens with one attached hydrogen (secondary N) is 3. The smallest absolute Gasteiger partial charge is 0.407 e. The van der Waals surface area contributed by atoms with Crippen LogP contribution >= 0.6 is 0 Å². The molecule has 0 saturated carbocycles. The zero-order valence-corrected chi connectivity index (χ0v) is 20.5. The maximum atomic E-state index is 12.4. The summed E-state index contributed by atoms with van der Waals surface area (Å²) >= 11 is 0. The van der Waals surface area contributed by atoms with E-state index >= 15 is 0 Å². The molecule has 0 unspecified atom stereocenters. The van der Waals surface area contributed by atoms with Crippen LogP contribution in [-0.4, -0.2) is 64.7 Å². The number of aromatic nitrogens is 2. The minimum Gasteiger partial charge on any atom is -0.444 e. The lowest BCUT2D eigenvalue weighted by Crippen LogP contribution is -2.38. The fraction of sp³-hybridized carbons (Fsp3) is 0.619. The second kappa shape index (κ2) is 12.0. The zero-order chi connectivity index (χ0) is 26.1. The van der Waals surface area contributed by atoms with E-state index in [1.807, 2.05) is 0 Å². The van der Waals surface area contributed by atoms with Gasteiger partial charge in [0.2, 0.25) is 0 Å². The molecule has 0 aromatic carbocycles. The van der Waals surface area contributed by atoms with Gasteiger partial charge in [-0.25, -0.2) is 19.6 Å². The first-order valence-corrected chi connectivity index (χ1v) is 10.8. The average molecular weight is 482 g/mol. The lowest BCUT2D eigenvalue weighted by molar-refractivity contribution is 0.0515. The van der Waals surface area contributed by atoms with Crippen molar-refractivity contribution in [1.82, 2.24) is 25.9 Å². The van der Waals surface area contributed by atoms with Crippen LogP contribution < -0.4 is 27.4 Å². The van der Waals surface area contributed by atoms with Crippen molar-refractivity contribution in [2.75, 3.05) is 31.1 Å². The molecule has 0 bridgehead atoms. The van der Waals surface area contributed by atoms with E-state index in [0.717, 1.165) is 0 Å². The van der Waals surface area contributed by atoms with Crippen LogP contribution in [0, 0.1) is 0 Å². The molecule has 0 aliphatic rings. The number of ketones is 1. The fourth-order valence-corrected chi connectivity index (χ4v) is 2.44. The molecule has 190 valence electrons. The molecule has 1 aromatic rings. The predicted octanol–water partition coefficient (Wildman–Crippen LogP) is 1.38. The van der Waals surface area contributed by atoms with Crippen LogP contribution in [0.3, 0.4) is 0 Å². The number of alkyl carbamates (subject to hydrolysis) is 2. The fourth-order valence-electron chi connectivity index (χ4n) is 2.44. The molecular weight excluding hydrogens is 446 g/mol. The van der Waals surface area contributed by atoms with Crippen LogP contribution in [0.15, 0.2) is 0 Å². The van der Waals surface area contributed by atoms with Crippen molar-refractivity contribution < 1.29 is 28.7 Å². The maximum absolute atomic E-state index is 12.4. The number of amides is 3. The number of hydrogen-bond acceptors (Lipinski definition) is 10. The van der Waals surface area contributed by atoms with Gasteiger partial charge in [0.25, 0.3) is 5.91 Å². The summed E-state index contributed by atoms with van der Waals surface area (Å²) in [4.78, 5) is 55.8. The summed E-state index contributed by atoms with van der Waals surface area (Å²) in [6.07, 6.45) is -0.864. The Kier molecular flexibility index (Phi) is 10.0. The number of nitrogens with zero attached hydrogens (tertiary/aromatic N) is 2. The number of rotatable bonds is 9. The van der Waals surface area contributed by atoms with Crippen molar-refractivity contribution in [2.45, 2.75) is 65.6 Å². The molecule has 13 heteroatoms. The van der Waals surface area contributed by atoms with E-state index in [2.05, 4.69) is 25.9 Å². The van der Waals surface area contributed by atoms with Gasteiger partial charge in [-0.3, -0.25) is 9.59 Å². The Hall–Kier alpha value is -3.64.